The van der Waals surface area contributed by atoms with E-state index in [2.05, 4.69) is 10.9 Å². The van der Waals surface area contributed by atoms with Crippen molar-refractivity contribution in [1.82, 2.24) is 10.9 Å². The molecular formula is C18H18N2O5. The van der Waals surface area contributed by atoms with E-state index in [-0.39, 0.29) is 6.61 Å². The minimum Gasteiger partial charge on any atom is -0.482 e. The van der Waals surface area contributed by atoms with Crippen LogP contribution in [0.5, 0.6) is 5.75 Å². The molecule has 0 aliphatic heterocycles. The molecule has 0 aliphatic rings. The van der Waals surface area contributed by atoms with Crippen LogP contribution < -0.4 is 15.6 Å². The highest BCUT2D eigenvalue weighted by Gasteiger charge is 2.10. The van der Waals surface area contributed by atoms with E-state index in [4.69, 9.17) is 9.47 Å². The molecule has 0 aliphatic carbocycles. The van der Waals surface area contributed by atoms with E-state index >= 15 is 0 Å². The molecule has 2 aromatic rings. The molecule has 7 heteroatoms. The summed E-state index contributed by atoms with van der Waals surface area (Å²) in [6, 6.07) is 15.6. The van der Waals surface area contributed by atoms with E-state index in [0.717, 1.165) is 5.56 Å². The lowest BCUT2D eigenvalue weighted by Crippen LogP contribution is -2.43. The standard InChI is InChI=1S/C18H18N2O5/c1-13-6-5-9-15(10-13)24-12-17(22)25-11-16(21)19-20-18(23)14-7-3-2-4-8-14/h2-10H,11-12H2,1H3,(H,19,21)(H,20,23). The zero-order chi connectivity index (χ0) is 18.1. The summed E-state index contributed by atoms with van der Waals surface area (Å²) < 4.78 is 10.0. The van der Waals surface area contributed by atoms with Crippen LogP contribution in [0.4, 0.5) is 0 Å². The molecule has 0 heterocycles. The van der Waals surface area contributed by atoms with Crippen LogP contribution in [-0.4, -0.2) is 31.0 Å². The lowest BCUT2D eigenvalue weighted by atomic mass is 10.2. The Hall–Kier alpha value is -3.35. The van der Waals surface area contributed by atoms with Crippen molar-refractivity contribution in [2.24, 2.45) is 0 Å². The van der Waals surface area contributed by atoms with E-state index in [1.165, 1.54) is 0 Å². The second kappa shape index (κ2) is 9.07. The van der Waals surface area contributed by atoms with Gasteiger partial charge in [0.2, 0.25) is 0 Å². The number of carbonyl (C=O) groups is 3. The summed E-state index contributed by atoms with van der Waals surface area (Å²) in [5.41, 5.74) is 5.78. The van der Waals surface area contributed by atoms with Crippen molar-refractivity contribution in [3.8, 4) is 5.75 Å². The van der Waals surface area contributed by atoms with Crippen LogP contribution in [0.15, 0.2) is 54.6 Å². The quantitative estimate of drug-likeness (QED) is 0.611. The normalized spacial score (nSPS) is 9.80. The second-order valence-corrected chi connectivity index (χ2v) is 5.13. The lowest BCUT2D eigenvalue weighted by molar-refractivity contribution is -0.150. The maximum atomic E-state index is 11.7. The number of hydrogen-bond donors (Lipinski definition) is 2. The highest BCUT2D eigenvalue weighted by molar-refractivity contribution is 5.95. The molecule has 7 nitrogen and oxygen atoms in total. The van der Waals surface area contributed by atoms with Crippen LogP contribution >= 0.6 is 0 Å². The van der Waals surface area contributed by atoms with Gasteiger partial charge in [-0.2, -0.15) is 0 Å². The fourth-order valence-corrected chi connectivity index (χ4v) is 1.86. The maximum absolute atomic E-state index is 11.7. The number of hydrazine groups is 1. The number of nitrogens with one attached hydrogen (secondary N) is 2. The Balaban J connectivity index is 1.65. The molecule has 0 saturated carbocycles. The van der Waals surface area contributed by atoms with Crippen molar-refractivity contribution >= 4 is 17.8 Å². The lowest BCUT2D eigenvalue weighted by Gasteiger charge is -2.09. The summed E-state index contributed by atoms with van der Waals surface area (Å²) in [6.45, 7) is 1.07. The van der Waals surface area contributed by atoms with Gasteiger partial charge in [-0.15, -0.1) is 0 Å². The molecule has 0 radical (unpaired) electrons. The molecule has 0 atom stereocenters. The third kappa shape index (κ3) is 6.34. The fourth-order valence-electron chi connectivity index (χ4n) is 1.86. The number of rotatable bonds is 6. The van der Waals surface area contributed by atoms with Gasteiger partial charge in [0, 0.05) is 5.56 Å². The summed E-state index contributed by atoms with van der Waals surface area (Å²) in [7, 11) is 0. The molecule has 25 heavy (non-hydrogen) atoms. The average molecular weight is 342 g/mol. The van der Waals surface area contributed by atoms with Gasteiger partial charge in [-0.1, -0.05) is 30.3 Å². The van der Waals surface area contributed by atoms with Crippen LogP contribution in [0, 0.1) is 6.92 Å². The monoisotopic (exact) mass is 342 g/mol. The van der Waals surface area contributed by atoms with Crippen molar-refractivity contribution < 1.29 is 23.9 Å². The fraction of sp³-hybridized carbons (Fsp3) is 0.167. The van der Waals surface area contributed by atoms with Gasteiger partial charge in [-0.25, -0.2) is 4.79 Å². The first-order valence-electron chi connectivity index (χ1n) is 7.54. The first-order valence-corrected chi connectivity index (χ1v) is 7.54. The third-order valence-electron chi connectivity index (χ3n) is 3.06. The molecule has 2 N–H and O–H groups in total. The Morgan fingerprint density at radius 2 is 1.68 bits per heavy atom. The molecule has 0 aromatic heterocycles. The Kier molecular flexibility index (Phi) is 6.53. The molecule has 0 unspecified atom stereocenters. The SMILES string of the molecule is Cc1cccc(OCC(=O)OCC(=O)NNC(=O)c2ccccc2)c1. The van der Waals surface area contributed by atoms with Crippen molar-refractivity contribution in [2.45, 2.75) is 6.92 Å². The van der Waals surface area contributed by atoms with Gasteiger partial charge >= 0.3 is 5.97 Å². The Morgan fingerprint density at radius 3 is 2.40 bits per heavy atom. The summed E-state index contributed by atoms with van der Waals surface area (Å²) in [5, 5.41) is 0. The van der Waals surface area contributed by atoms with E-state index in [1.54, 1.807) is 48.5 Å². The van der Waals surface area contributed by atoms with Crippen molar-refractivity contribution in [3.05, 3.63) is 65.7 Å². The van der Waals surface area contributed by atoms with Crippen LogP contribution in [-0.2, 0) is 14.3 Å². The predicted molar refractivity (Wildman–Crippen MR) is 89.7 cm³/mol. The summed E-state index contributed by atoms with van der Waals surface area (Å²) in [5.74, 6) is -1.28. The van der Waals surface area contributed by atoms with Gasteiger partial charge < -0.3 is 9.47 Å². The summed E-state index contributed by atoms with van der Waals surface area (Å²) in [6.07, 6.45) is 0. The number of carbonyl (C=O) groups excluding carboxylic acids is 3. The van der Waals surface area contributed by atoms with E-state index < -0.39 is 24.4 Å². The largest absolute Gasteiger partial charge is 0.482 e. The first kappa shape index (κ1) is 18.0. The summed E-state index contributed by atoms with van der Waals surface area (Å²) in [4.78, 5) is 34.8. The minimum atomic E-state index is -0.689. The number of ether oxygens (including phenoxy) is 2. The number of amides is 2. The number of hydrogen-bond acceptors (Lipinski definition) is 5. The highest BCUT2D eigenvalue weighted by Crippen LogP contribution is 2.12. The van der Waals surface area contributed by atoms with Crippen molar-refractivity contribution in [2.75, 3.05) is 13.2 Å². The molecule has 2 amide bonds. The van der Waals surface area contributed by atoms with Crippen molar-refractivity contribution in [3.63, 3.8) is 0 Å². The molecule has 0 saturated heterocycles. The Bertz CT molecular complexity index is 746. The van der Waals surface area contributed by atoms with Crippen LogP contribution in [0.2, 0.25) is 0 Å². The van der Waals surface area contributed by atoms with Crippen LogP contribution in [0.3, 0.4) is 0 Å². The van der Waals surface area contributed by atoms with Gasteiger partial charge in [-0.05, 0) is 36.8 Å². The number of esters is 1. The zero-order valence-electron chi connectivity index (χ0n) is 13.7. The topological polar surface area (TPSA) is 93.7 Å². The van der Waals surface area contributed by atoms with Gasteiger partial charge in [0.15, 0.2) is 13.2 Å². The molecule has 2 rings (SSSR count). The van der Waals surface area contributed by atoms with E-state index in [0.29, 0.717) is 11.3 Å². The van der Waals surface area contributed by atoms with Crippen LogP contribution in [0.1, 0.15) is 15.9 Å². The number of aryl methyl sites for hydroxylation is 1. The molecular weight excluding hydrogens is 324 g/mol. The van der Waals surface area contributed by atoms with E-state index in [1.807, 2.05) is 13.0 Å². The molecule has 0 bridgehead atoms. The van der Waals surface area contributed by atoms with Gasteiger partial charge in [0.1, 0.15) is 5.75 Å². The van der Waals surface area contributed by atoms with Crippen LogP contribution in [0.25, 0.3) is 0 Å². The van der Waals surface area contributed by atoms with Gasteiger partial charge in [0.05, 0.1) is 0 Å². The van der Waals surface area contributed by atoms with Crippen molar-refractivity contribution in [1.29, 1.82) is 0 Å². The summed E-state index contributed by atoms with van der Waals surface area (Å²) >= 11 is 0. The Morgan fingerprint density at radius 1 is 0.920 bits per heavy atom. The number of benzene rings is 2. The van der Waals surface area contributed by atoms with Gasteiger partial charge in [-0.3, -0.25) is 20.4 Å². The Labute approximate surface area is 144 Å². The van der Waals surface area contributed by atoms with Gasteiger partial charge in [0.25, 0.3) is 11.8 Å². The second-order valence-electron chi connectivity index (χ2n) is 5.13. The molecule has 2 aromatic carbocycles. The average Bonchev–Trinajstić information content (AvgIpc) is 2.63. The van der Waals surface area contributed by atoms with E-state index in [9.17, 15) is 14.4 Å². The minimum absolute atomic E-state index is 0.312. The zero-order valence-corrected chi connectivity index (χ0v) is 13.7. The maximum Gasteiger partial charge on any atom is 0.344 e. The highest BCUT2D eigenvalue weighted by atomic mass is 16.6. The molecule has 130 valence electrons. The first-order chi connectivity index (χ1) is 12.0. The predicted octanol–water partition coefficient (Wildman–Crippen LogP) is 1.38. The third-order valence-corrected chi connectivity index (χ3v) is 3.06. The molecule has 0 fully saturated rings. The molecule has 0 spiro atoms. The smallest absolute Gasteiger partial charge is 0.344 e.